The fraction of sp³-hybridized carbons (Fsp3) is 0.600. The van der Waals surface area contributed by atoms with E-state index < -0.39 is 23.5 Å². The summed E-state index contributed by atoms with van der Waals surface area (Å²) in [6.07, 6.45) is 8.36. The van der Waals surface area contributed by atoms with E-state index in [1.165, 1.54) is 6.08 Å². The van der Waals surface area contributed by atoms with Crippen LogP contribution in [0.15, 0.2) is 47.1 Å². The molecule has 0 amide bonds. The van der Waals surface area contributed by atoms with Gasteiger partial charge in [0, 0.05) is 12.0 Å². The number of hydrogen-bond donors (Lipinski definition) is 1. The molecular weight excluding hydrogens is 380 g/mol. The van der Waals surface area contributed by atoms with Crippen molar-refractivity contribution in [3.05, 3.63) is 47.1 Å². The molecule has 2 aliphatic heterocycles. The van der Waals surface area contributed by atoms with Crippen LogP contribution in [0.1, 0.15) is 54.9 Å². The molecule has 0 spiro atoms. The summed E-state index contributed by atoms with van der Waals surface area (Å²) in [4.78, 5) is 25.4. The number of carbonyl (C=O) groups excluding carboxylic acids is 2. The highest BCUT2D eigenvalue weighted by atomic mass is 16.7. The summed E-state index contributed by atoms with van der Waals surface area (Å²) in [5, 5.41) is 11.1. The average Bonchev–Trinajstić information content (AvgIpc) is 2.96. The summed E-state index contributed by atoms with van der Waals surface area (Å²) in [7, 11) is 0. The van der Waals surface area contributed by atoms with Crippen molar-refractivity contribution in [2.75, 3.05) is 0 Å². The Morgan fingerprint density at radius 3 is 2.57 bits per heavy atom. The van der Waals surface area contributed by atoms with Crippen LogP contribution in [0.2, 0.25) is 0 Å². The quantitative estimate of drug-likeness (QED) is 0.424. The Labute approximate surface area is 179 Å². The lowest BCUT2D eigenvalue weighted by Gasteiger charge is -2.39. The smallest absolute Gasteiger partial charge is 0.333 e. The Morgan fingerprint density at radius 1 is 1.30 bits per heavy atom. The van der Waals surface area contributed by atoms with Crippen LogP contribution in [0.3, 0.4) is 0 Å². The molecule has 0 aromatic rings. The molecule has 1 aliphatic carbocycles. The Morgan fingerprint density at radius 2 is 1.97 bits per heavy atom. The maximum absolute atomic E-state index is 12.9. The summed E-state index contributed by atoms with van der Waals surface area (Å²) in [6.45, 7) is 13.4. The minimum atomic E-state index is -1.40. The van der Waals surface area contributed by atoms with E-state index in [-0.39, 0.29) is 29.5 Å². The van der Waals surface area contributed by atoms with Crippen LogP contribution in [0, 0.1) is 23.7 Å². The summed E-state index contributed by atoms with van der Waals surface area (Å²) >= 11 is 0. The minimum absolute atomic E-state index is 0.0127. The fourth-order valence-corrected chi connectivity index (χ4v) is 5.00. The van der Waals surface area contributed by atoms with E-state index in [9.17, 15) is 14.7 Å². The average molecular weight is 415 g/mol. The van der Waals surface area contributed by atoms with Gasteiger partial charge in [0.05, 0.1) is 6.10 Å². The van der Waals surface area contributed by atoms with Gasteiger partial charge in [-0.15, -0.1) is 0 Å². The van der Waals surface area contributed by atoms with Crippen molar-refractivity contribution in [1.82, 2.24) is 0 Å². The van der Waals surface area contributed by atoms with Crippen molar-refractivity contribution in [1.29, 1.82) is 0 Å². The largest absolute Gasteiger partial charge is 0.422 e. The first kappa shape index (κ1) is 22.7. The molecule has 2 bridgehead atoms. The molecule has 1 N–H and O–H groups in total. The number of allylic oxidation sites excluding steroid dienone is 4. The second-order valence-electron chi connectivity index (χ2n) is 9.78. The first-order valence-corrected chi connectivity index (χ1v) is 10.8. The zero-order valence-electron chi connectivity index (χ0n) is 19.1. The van der Waals surface area contributed by atoms with Crippen molar-refractivity contribution in [2.45, 2.75) is 72.4 Å². The molecule has 3 rings (SSSR count). The molecule has 164 valence electrons. The van der Waals surface area contributed by atoms with Crippen LogP contribution in [-0.2, 0) is 19.1 Å². The molecule has 0 unspecified atom stereocenters. The molecule has 5 nitrogen and oxygen atoms in total. The number of carbonyl (C=O) groups is 2. The third-order valence-electron chi connectivity index (χ3n) is 6.68. The SMILES string of the molecule is CC(C)=CC(=O)O[C@]12C=C[C@](C)(O1)[C@@H](O)C[C@H]1C(C)=CC(=O)[C@H](C(C)C)[C@H]1/C=C\2C. The van der Waals surface area contributed by atoms with Crippen LogP contribution in [0.4, 0.5) is 0 Å². The predicted octanol–water partition coefficient (Wildman–Crippen LogP) is 4.28. The molecule has 30 heavy (non-hydrogen) atoms. The molecule has 0 saturated heterocycles. The van der Waals surface area contributed by atoms with Crippen molar-refractivity contribution in [3.8, 4) is 0 Å². The number of ether oxygens (including phenoxy) is 2. The molecule has 0 radical (unpaired) electrons. The summed E-state index contributed by atoms with van der Waals surface area (Å²) in [6, 6.07) is 0. The lowest BCUT2D eigenvalue weighted by Crippen LogP contribution is -2.46. The van der Waals surface area contributed by atoms with E-state index in [0.717, 1.165) is 16.7 Å². The van der Waals surface area contributed by atoms with Gasteiger partial charge in [0.25, 0.3) is 5.79 Å². The molecule has 0 aromatic heterocycles. The minimum Gasteiger partial charge on any atom is -0.422 e. The Kier molecular flexibility index (Phi) is 6.00. The second-order valence-corrected chi connectivity index (χ2v) is 9.78. The first-order valence-electron chi connectivity index (χ1n) is 10.8. The van der Waals surface area contributed by atoms with Crippen molar-refractivity contribution in [3.63, 3.8) is 0 Å². The Balaban J connectivity index is 2.13. The number of rotatable bonds is 3. The van der Waals surface area contributed by atoms with Gasteiger partial charge in [-0.3, -0.25) is 4.79 Å². The van der Waals surface area contributed by atoms with E-state index in [4.69, 9.17) is 9.47 Å². The number of esters is 1. The summed E-state index contributed by atoms with van der Waals surface area (Å²) < 4.78 is 12.1. The Bertz CT molecular complexity index is 857. The highest BCUT2D eigenvalue weighted by Crippen LogP contribution is 2.48. The zero-order chi connectivity index (χ0) is 22.4. The predicted molar refractivity (Wildman–Crippen MR) is 115 cm³/mol. The van der Waals surface area contributed by atoms with E-state index >= 15 is 0 Å². The standard InChI is InChI=1S/C25H34O5/c1-14(2)10-22(28)29-25-9-8-24(7,30-25)21(27)13-18-16(5)11-20(26)23(15(3)4)19(18)12-17(25)6/h8-12,15,18-19,21,23,27H,13H2,1-7H3/b17-12-/t18-,19-,21-,23+,24-,25+/m0/s1. The number of aliphatic hydroxyl groups excluding tert-OH is 1. The molecule has 6 atom stereocenters. The molecule has 5 heteroatoms. The Hall–Kier alpha value is -1.98. The van der Waals surface area contributed by atoms with Crippen molar-refractivity contribution in [2.24, 2.45) is 23.7 Å². The van der Waals surface area contributed by atoms with Crippen LogP contribution >= 0.6 is 0 Å². The number of ketones is 1. The van der Waals surface area contributed by atoms with Gasteiger partial charge >= 0.3 is 5.97 Å². The highest BCUT2D eigenvalue weighted by Gasteiger charge is 2.53. The van der Waals surface area contributed by atoms with Crippen molar-refractivity contribution >= 4 is 11.8 Å². The fourth-order valence-electron chi connectivity index (χ4n) is 5.00. The lowest BCUT2D eigenvalue weighted by atomic mass is 9.65. The van der Waals surface area contributed by atoms with Gasteiger partial charge in [0.1, 0.15) is 5.60 Å². The second kappa shape index (κ2) is 7.93. The van der Waals surface area contributed by atoms with Gasteiger partial charge in [-0.05, 0) is 82.6 Å². The van der Waals surface area contributed by atoms with E-state index in [1.807, 2.05) is 40.7 Å². The molecular formula is C25H34O5. The van der Waals surface area contributed by atoms with Crippen LogP contribution in [0.25, 0.3) is 0 Å². The number of hydrogen-bond acceptors (Lipinski definition) is 5. The normalized spacial score (nSPS) is 39.8. The lowest BCUT2D eigenvalue weighted by molar-refractivity contribution is -0.225. The van der Waals surface area contributed by atoms with Crippen LogP contribution in [0.5, 0.6) is 0 Å². The zero-order valence-corrected chi connectivity index (χ0v) is 19.1. The van der Waals surface area contributed by atoms with Gasteiger partial charge in [-0.1, -0.05) is 31.1 Å². The molecule has 2 heterocycles. The monoisotopic (exact) mass is 414 g/mol. The highest BCUT2D eigenvalue weighted by molar-refractivity contribution is 5.94. The third kappa shape index (κ3) is 3.97. The molecule has 3 aliphatic rings. The van der Waals surface area contributed by atoms with E-state index in [0.29, 0.717) is 6.42 Å². The number of aliphatic hydroxyl groups is 1. The van der Waals surface area contributed by atoms with Gasteiger partial charge in [0.2, 0.25) is 0 Å². The first-order chi connectivity index (χ1) is 13.9. The summed E-state index contributed by atoms with van der Waals surface area (Å²) in [5.74, 6) is -1.92. The van der Waals surface area contributed by atoms with Crippen LogP contribution < -0.4 is 0 Å². The van der Waals surface area contributed by atoms with E-state index in [2.05, 4.69) is 13.8 Å². The van der Waals surface area contributed by atoms with E-state index in [1.54, 1.807) is 18.2 Å². The topological polar surface area (TPSA) is 72.8 Å². The summed E-state index contributed by atoms with van der Waals surface area (Å²) in [5.41, 5.74) is 1.52. The third-order valence-corrected chi connectivity index (χ3v) is 6.68. The maximum atomic E-state index is 12.9. The van der Waals surface area contributed by atoms with Gasteiger partial charge in [0.15, 0.2) is 5.78 Å². The van der Waals surface area contributed by atoms with Gasteiger partial charge in [-0.2, -0.15) is 0 Å². The molecule has 0 aromatic carbocycles. The maximum Gasteiger partial charge on any atom is 0.333 e. The van der Waals surface area contributed by atoms with Crippen LogP contribution in [-0.4, -0.2) is 34.4 Å². The molecule has 0 fully saturated rings. The van der Waals surface area contributed by atoms with Crippen molar-refractivity contribution < 1.29 is 24.2 Å². The van der Waals surface area contributed by atoms with Gasteiger partial charge in [-0.25, -0.2) is 4.79 Å². The molecule has 0 saturated carbocycles. The van der Waals surface area contributed by atoms with Gasteiger partial charge < -0.3 is 14.6 Å². The number of fused-ring (bicyclic) bond motifs is 3.